The molecule has 2 aromatic rings. The van der Waals surface area contributed by atoms with E-state index >= 15 is 0 Å². The number of nitrogens with one attached hydrogen (secondary N) is 2. The van der Waals surface area contributed by atoms with E-state index in [2.05, 4.69) is 15.6 Å². The van der Waals surface area contributed by atoms with Crippen molar-refractivity contribution >= 4 is 35.6 Å². The van der Waals surface area contributed by atoms with Crippen molar-refractivity contribution in [3.8, 4) is 17.2 Å². The lowest BCUT2D eigenvalue weighted by atomic mass is 9.88. The molecule has 3 N–H and O–H groups in total. The summed E-state index contributed by atoms with van der Waals surface area (Å²) < 4.78 is 10.6. The summed E-state index contributed by atoms with van der Waals surface area (Å²) in [7, 11) is 4.94. The Labute approximate surface area is 183 Å². The summed E-state index contributed by atoms with van der Waals surface area (Å²) in [5.41, 5.74) is 4.41. The van der Waals surface area contributed by atoms with Gasteiger partial charge in [0.25, 0.3) is 0 Å². The maximum atomic E-state index is 10.3. The third kappa shape index (κ3) is 5.01. The van der Waals surface area contributed by atoms with Crippen LogP contribution in [0.4, 0.5) is 5.69 Å². The maximum absolute atomic E-state index is 10.3. The molecule has 3 rings (SSSR count). The minimum atomic E-state index is 0. The molecule has 0 aliphatic heterocycles. The van der Waals surface area contributed by atoms with E-state index in [1.165, 1.54) is 24.0 Å². The van der Waals surface area contributed by atoms with Crippen LogP contribution in [0.3, 0.4) is 0 Å². The first-order valence-electron chi connectivity index (χ1n) is 9.18. The van der Waals surface area contributed by atoms with Gasteiger partial charge >= 0.3 is 0 Å². The van der Waals surface area contributed by atoms with Gasteiger partial charge < -0.3 is 25.2 Å². The zero-order chi connectivity index (χ0) is 19.2. The van der Waals surface area contributed by atoms with Gasteiger partial charge in [0.05, 0.1) is 14.2 Å². The average Bonchev–Trinajstić information content (AvgIpc) is 2.71. The first-order chi connectivity index (χ1) is 13.2. The van der Waals surface area contributed by atoms with Gasteiger partial charge in [0.2, 0.25) is 0 Å². The summed E-state index contributed by atoms with van der Waals surface area (Å²) in [5, 5.41) is 16.9. The van der Waals surface area contributed by atoms with E-state index in [1.54, 1.807) is 27.3 Å². The number of phenolic OH excluding ortho intramolecular Hbond substituents is 1. The minimum absolute atomic E-state index is 0. The third-order valence-electron chi connectivity index (χ3n) is 4.93. The number of guanidine groups is 1. The summed E-state index contributed by atoms with van der Waals surface area (Å²) in [4.78, 5) is 4.28. The predicted octanol–water partition coefficient (Wildman–Crippen LogP) is 4.09. The van der Waals surface area contributed by atoms with E-state index in [4.69, 9.17) is 9.47 Å². The van der Waals surface area contributed by atoms with Crippen LogP contribution in [0.1, 0.15) is 29.5 Å². The fraction of sp³-hybridized carbons (Fsp3) is 0.381. The first kappa shape index (κ1) is 22.1. The Morgan fingerprint density at radius 2 is 1.82 bits per heavy atom. The van der Waals surface area contributed by atoms with Crippen molar-refractivity contribution in [2.24, 2.45) is 4.99 Å². The molecule has 1 aliphatic rings. The molecule has 2 aromatic carbocycles. The Kier molecular flexibility index (Phi) is 8.22. The Hall–Kier alpha value is -2.16. The van der Waals surface area contributed by atoms with Crippen molar-refractivity contribution < 1.29 is 14.6 Å². The second-order valence-corrected chi connectivity index (χ2v) is 6.53. The van der Waals surface area contributed by atoms with Crippen LogP contribution < -0.4 is 20.1 Å². The normalized spacial score (nSPS) is 13.2. The van der Waals surface area contributed by atoms with Crippen molar-refractivity contribution in [1.29, 1.82) is 0 Å². The van der Waals surface area contributed by atoms with Crippen molar-refractivity contribution in [1.82, 2.24) is 5.32 Å². The highest BCUT2D eigenvalue weighted by atomic mass is 127. The molecule has 0 bridgehead atoms. The van der Waals surface area contributed by atoms with Gasteiger partial charge in [-0.2, -0.15) is 0 Å². The molecule has 0 spiro atoms. The van der Waals surface area contributed by atoms with E-state index in [-0.39, 0.29) is 24.0 Å². The number of fused-ring (bicyclic) bond motifs is 1. The molecule has 0 saturated heterocycles. The number of hydrogen-bond donors (Lipinski definition) is 3. The molecular weight excluding hydrogens is 469 g/mol. The van der Waals surface area contributed by atoms with Gasteiger partial charge in [-0.3, -0.25) is 4.99 Å². The monoisotopic (exact) mass is 497 g/mol. The van der Waals surface area contributed by atoms with Gasteiger partial charge in [0, 0.05) is 30.9 Å². The molecule has 0 saturated carbocycles. The SMILES string of the molecule is CN=C(NCc1c(O)ccc2c1CCCC2)Nc1ccc(OC)c(OC)c1.I. The largest absolute Gasteiger partial charge is 0.508 e. The molecule has 7 heteroatoms. The van der Waals surface area contributed by atoms with E-state index in [0.717, 1.165) is 24.1 Å². The number of methoxy groups -OCH3 is 2. The first-order valence-corrected chi connectivity index (χ1v) is 9.18. The van der Waals surface area contributed by atoms with Gasteiger partial charge in [-0.1, -0.05) is 6.07 Å². The van der Waals surface area contributed by atoms with Gasteiger partial charge in [0.1, 0.15) is 5.75 Å². The Morgan fingerprint density at radius 1 is 1.07 bits per heavy atom. The zero-order valence-corrected chi connectivity index (χ0v) is 18.9. The van der Waals surface area contributed by atoms with Crippen molar-refractivity contribution in [3.63, 3.8) is 0 Å². The average molecular weight is 497 g/mol. The summed E-state index contributed by atoms with van der Waals surface area (Å²) in [6, 6.07) is 9.44. The number of ether oxygens (including phenoxy) is 2. The van der Waals surface area contributed by atoms with Crippen LogP contribution >= 0.6 is 24.0 Å². The molecule has 1 aliphatic carbocycles. The molecule has 0 radical (unpaired) electrons. The van der Waals surface area contributed by atoms with Gasteiger partial charge in [0.15, 0.2) is 17.5 Å². The number of aryl methyl sites for hydroxylation is 1. The van der Waals surface area contributed by atoms with E-state index in [0.29, 0.717) is 29.8 Å². The number of aliphatic imine (C=N–C) groups is 1. The fourth-order valence-corrected chi connectivity index (χ4v) is 3.49. The molecule has 0 unspecified atom stereocenters. The number of rotatable bonds is 5. The van der Waals surface area contributed by atoms with Crippen LogP contribution in [0.15, 0.2) is 35.3 Å². The molecule has 0 heterocycles. The Bertz CT molecular complexity index is 840. The van der Waals surface area contributed by atoms with Crippen LogP contribution in [0.5, 0.6) is 17.2 Å². The number of benzene rings is 2. The highest BCUT2D eigenvalue weighted by molar-refractivity contribution is 14.0. The minimum Gasteiger partial charge on any atom is -0.508 e. The molecule has 0 fully saturated rings. The van der Waals surface area contributed by atoms with Crippen molar-refractivity contribution in [3.05, 3.63) is 47.0 Å². The predicted molar refractivity (Wildman–Crippen MR) is 124 cm³/mol. The Morgan fingerprint density at radius 3 is 2.54 bits per heavy atom. The summed E-state index contributed by atoms with van der Waals surface area (Å²) in [5.74, 6) is 2.28. The molecule has 0 aromatic heterocycles. The van der Waals surface area contributed by atoms with Gasteiger partial charge in [-0.15, -0.1) is 24.0 Å². The molecule has 6 nitrogen and oxygen atoms in total. The van der Waals surface area contributed by atoms with Crippen molar-refractivity contribution in [2.75, 3.05) is 26.6 Å². The second-order valence-electron chi connectivity index (χ2n) is 6.53. The second kappa shape index (κ2) is 10.4. The van der Waals surface area contributed by atoms with Crippen molar-refractivity contribution in [2.45, 2.75) is 32.2 Å². The number of halogens is 1. The van der Waals surface area contributed by atoms with E-state index in [9.17, 15) is 5.11 Å². The Balaban J connectivity index is 0.00000280. The standard InChI is InChI=1S/C21H27N3O3.HI/c1-22-21(24-15-9-11-19(26-2)20(12-15)27-3)23-13-17-16-7-5-4-6-14(16)8-10-18(17)25;/h8-12,25H,4-7,13H2,1-3H3,(H2,22,23,24);1H. The number of hydrogen-bond acceptors (Lipinski definition) is 4. The summed E-state index contributed by atoms with van der Waals surface area (Å²) in [6.07, 6.45) is 4.49. The highest BCUT2D eigenvalue weighted by Crippen LogP contribution is 2.31. The van der Waals surface area contributed by atoms with Crippen LogP contribution in [0.25, 0.3) is 0 Å². The van der Waals surface area contributed by atoms with E-state index < -0.39 is 0 Å². The fourth-order valence-electron chi connectivity index (χ4n) is 3.49. The lowest BCUT2D eigenvalue weighted by molar-refractivity contribution is 0.355. The lowest BCUT2D eigenvalue weighted by Crippen LogP contribution is -2.30. The number of aromatic hydroxyl groups is 1. The molecule has 28 heavy (non-hydrogen) atoms. The van der Waals surface area contributed by atoms with Gasteiger partial charge in [-0.25, -0.2) is 0 Å². The highest BCUT2D eigenvalue weighted by Gasteiger charge is 2.16. The topological polar surface area (TPSA) is 75.1 Å². The molecular formula is C21H28IN3O3. The maximum Gasteiger partial charge on any atom is 0.195 e. The molecule has 0 amide bonds. The number of phenols is 1. The van der Waals surface area contributed by atoms with Crippen LogP contribution in [-0.4, -0.2) is 32.3 Å². The van der Waals surface area contributed by atoms with Crippen LogP contribution in [0, 0.1) is 0 Å². The third-order valence-corrected chi connectivity index (χ3v) is 4.93. The van der Waals surface area contributed by atoms with Crippen LogP contribution in [0.2, 0.25) is 0 Å². The van der Waals surface area contributed by atoms with E-state index in [1.807, 2.05) is 24.3 Å². The quantitative estimate of drug-likeness (QED) is 0.330. The molecule has 152 valence electrons. The van der Waals surface area contributed by atoms with Gasteiger partial charge in [-0.05, 0) is 55.0 Å². The number of anilines is 1. The smallest absolute Gasteiger partial charge is 0.195 e. The number of nitrogens with zero attached hydrogens (tertiary/aromatic N) is 1. The van der Waals surface area contributed by atoms with Crippen LogP contribution in [-0.2, 0) is 19.4 Å². The summed E-state index contributed by atoms with van der Waals surface area (Å²) in [6.45, 7) is 0.516. The lowest BCUT2D eigenvalue weighted by Gasteiger charge is -2.21. The zero-order valence-electron chi connectivity index (χ0n) is 16.5. The summed E-state index contributed by atoms with van der Waals surface area (Å²) >= 11 is 0. The molecule has 0 atom stereocenters.